The van der Waals surface area contributed by atoms with Gasteiger partial charge in [0.1, 0.15) is 5.01 Å². The molecule has 0 amide bonds. The van der Waals surface area contributed by atoms with Crippen molar-refractivity contribution >= 4 is 11.3 Å². The van der Waals surface area contributed by atoms with Crippen molar-refractivity contribution in [2.75, 3.05) is 19.6 Å². The molecule has 1 saturated heterocycles. The van der Waals surface area contributed by atoms with Crippen molar-refractivity contribution in [3.8, 4) is 10.6 Å². The Morgan fingerprint density at radius 1 is 1.29 bits per heavy atom. The zero-order valence-electron chi connectivity index (χ0n) is 13.0. The van der Waals surface area contributed by atoms with Crippen LogP contribution in [-0.4, -0.2) is 35.1 Å². The molecule has 0 atom stereocenters. The van der Waals surface area contributed by atoms with Gasteiger partial charge in [-0.3, -0.25) is 4.90 Å². The van der Waals surface area contributed by atoms with E-state index in [1.807, 2.05) is 17.5 Å². The van der Waals surface area contributed by atoms with Crippen LogP contribution in [0.3, 0.4) is 0 Å². The van der Waals surface area contributed by atoms with E-state index >= 15 is 0 Å². The maximum absolute atomic E-state index is 4.59. The maximum atomic E-state index is 4.59. The van der Waals surface area contributed by atoms with Gasteiger partial charge in [-0.25, -0.2) is 4.98 Å². The van der Waals surface area contributed by atoms with Crippen molar-refractivity contribution in [2.45, 2.75) is 32.9 Å². The standard InChI is InChI=1S/C17H23N3S/c1-13-4-6-14(7-5-13)16-18-10-15(21-16)11-20-9-8-19-17(2,3)12-20/h4-7,10,19H,8-9,11-12H2,1-3H3. The molecule has 1 aromatic carbocycles. The Morgan fingerprint density at radius 2 is 2.05 bits per heavy atom. The summed E-state index contributed by atoms with van der Waals surface area (Å²) in [5.74, 6) is 0. The average molecular weight is 301 g/mol. The number of thiazole rings is 1. The van der Waals surface area contributed by atoms with Crippen molar-refractivity contribution in [3.05, 3.63) is 40.9 Å². The molecule has 1 aliphatic heterocycles. The van der Waals surface area contributed by atoms with Gasteiger partial charge in [-0.15, -0.1) is 11.3 Å². The van der Waals surface area contributed by atoms with Gasteiger partial charge >= 0.3 is 0 Å². The summed E-state index contributed by atoms with van der Waals surface area (Å²) in [6, 6.07) is 8.61. The van der Waals surface area contributed by atoms with E-state index in [0.717, 1.165) is 31.2 Å². The Balaban J connectivity index is 1.69. The number of rotatable bonds is 3. The van der Waals surface area contributed by atoms with Gasteiger partial charge in [0.2, 0.25) is 0 Å². The molecule has 0 aliphatic carbocycles. The first-order valence-corrected chi connectivity index (χ1v) is 8.33. The Bertz CT molecular complexity index is 601. The first kappa shape index (κ1) is 14.7. The van der Waals surface area contributed by atoms with Crippen LogP contribution in [0.15, 0.2) is 30.5 Å². The highest BCUT2D eigenvalue weighted by molar-refractivity contribution is 7.15. The number of benzene rings is 1. The van der Waals surface area contributed by atoms with Crippen LogP contribution in [0.4, 0.5) is 0 Å². The van der Waals surface area contributed by atoms with Gasteiger partial charge in [0.15, 0.2) is 0 Å². The summed E-state index contributed by atoms with van der Waals surface area (Å²) in [7, 11) is 0. The molecule has 0 radical (unpaired) electrons. The largest absolute Gasteiger partial charge is 0.309 e. The number of nitrogens with one attached hydrogen (secondary N) is 1. The number of piperazine rings is 1. The Morgan fingerprint density at radius 3 is 2.76 bits per heavy atom. The van der Waals surface area contributed by atoms with Crippen LogP contribution in [0.1, 0.15) is 24.3 Å². The van der Waals surface area contributed by atoms with Crippen molar-refractivity contribution < 1.29 is 0 Å². The molecule has 0 bridgehead atoms. The van der Waals surface area contributed by atoms with E-state index in [0.29, 0.717) is 0 Å². The topological polar surface area (TPSA) is 28.2 Å². The highest BCUT2D eigenvalue weighted by Gasteiger charge is 2.25. The molecule has 3 rings (SSSR count). The second kappa shape index (κ2) is 5.87. The SMILES string of the molecule is Cc1ccc(-c2ncc(CN3CCNC(C)(C)C3)s2)cc1. The minimum absolute atomic E-state index is 0.211. The highest BCUT2D eigenvalue weighted by atomic mass is 32.1. The summed E-state index contributed by atoms with van der Waals surface area (Å²) in [4.78, 5) is 8.46. The molecule has 21 heavy (non-hydrogen) atoms. The fraction of sp³-hybridized carbons (Fsp3) is 0.471. The normalized spacial score (nSPS) is 18.8. The third kappa shape index (κ3) is 3.70. The van der Waals surface area contributed by atoms with E-state index in [1.54, 1.807) is 0 Å². The molecular weight excluding hydrogens is 278 g/mol. The Kier molecular flexibility index (Phi) is 4.11. The third-order valence-electron chi connectivity index (χ3n) is 3.88. The number of hydrogen-bond acceptors (Lipinski definition) is 4. The van der Waals surface area contributed by atoms with E-state index in [1.165, 1.54) is 16.0 Å². The lowest BCUT2D eigenvalue weighted by atomic mass is 10.0. The lowest BCUT2D eigenvalue weighted by Gasteiger charge is -2.38. The fourth-order valence-corrected chi connectivity index (χ4v) is 3.77. The first-order valence-electron chi connectivity index (χ1n) is 7.51. The number of aryl methyl sites for hydroxylation is 1. The van der Waals surface area contributed by atoms with Gasteiger partial charge in [-0.05, 0) is 20.8 Å². The molecule has 3 nitrogen and oxygen atoms in total. The lowest BCUT2D eigenvalue weighted by molar-refractivity contribution is 0.149. The van der Waals surface area contributed by atoms with E-state index in [4.69, 9.17) is 0 Å². The van der Waals surface area contributed by atoms with Crippen LogP contribution in [0.25, 0.3) is 10.6 Å². The fourth-order valence-electron chi connectivity index (χ4n) is 2.81. The van der Waals surface area contributed by atoms with Gasteiger partial charge in [0.05, 0.1) is 0 Å². The van der Waals surface area contributed by atoms with Crippen LogP contribution in [0, 0.1) is 6.92 Å². The van der Waals surface area contributed by atoms with Crippen molar-refractivity contribution in [3.63, 3.8) is 0 Å². The first-order chi connectivity index (χ1) is 10.0. The van der Waals surface area contributed by atoms with Crippen LogP contribution in [0.2, 0.25) is 0 Å². The van der Waals surface area contributed by atoms with E-state index in [-0.39, 0.29) is 5.54 Å². The predicted octanol–water partition coefficient (Wildman–Crippen LogP) is 3.30. The molecule has 0 saturated carbocycles. The maximum Gasteiger partial charge on any atom is 0.123 e. The van der Waals surface area contributed by atoms with E-state index in [9.17, 15) is 0 Å². The second-order valence-electron chi connectivity index (χ2n) is 6.52. The van der Waals surface area contributed by atoms with E-state index < -0.39 is 0 Å². The van der Waals surface area contributed by atoms with Crippen LogP contribution < -0.4 is 5.32 Å². The van der Waals surface area contributed by atoms with E-state index in [2.05, 4.69) is 60.2 Å². The lowest BCUT2D eigenvalue weighted by Crippen LogP contribution is -2.56. The monoisotopic (exact) mass is 301 g/mol. The van der Waals surface area contributed by atoms with Crippen LogP contribution >= 0.6 is 11.3 Å². The molecule has 1 fully saturated rings. The quantitative estimate of drug-likeness (QED) is 0.943. The summed E-state index contributed by atoms with van der Waals surface area (Å²) < 4.78 is 0. The molecule has 4 heteroatoms. The minimum Gasteiger partial charge on any atom is -0.309 e. The summed E-state index contributed by atoms with van der Waals surface area (Å²) >= 11 is 1.81. The zero-order valence-corrected chi connectivity index (χ0v) is 13.8. The van der Waals surface area contributed by atoms with Crippen LogP contribution in [-0.2, 0) is 6.54 Å². The molecule has 0 spiro atoms. The summed E-state index contributed by atoms with van der Waals surface area (Å²) in [5.41, 5.74) is 2.72. The summed E-state index contributed by atoms with van der Waals surface area (Å²) in [6.45, 7) is 10.9. The molecule has 1 N–H and O–H groups in total. The van der Waals surface area contributed by atoms with Gasteiger partial charge in [-0.1, -0.05) is 29.8 Å². The van der Waals surface area contributed by atoms with Gasteiger partial charge in [0, 0.05) is 48.4 Å². The number of nitrogens with zero attached hydrogens (tertiary/aromatic N) is 2. The molecule has 112 valence electrons. The third-order valence-corrected chi connectivity index (χ3v) is 4.91. The highest BCUT2D eigenvalue weighted by Crippen LogP contribution is 2.26. The summed E-state index contributed by atoms with van der Waals surface area (Å²) in [6.07, 6.45) is 2.04. The van der Waals surface area contributed by atoms with Crippen molar-refractivity contribution in [1.29, 1.82) is 0 Å². The zero-order chi connectivity index (χ0) is 14.9. The van der Waals surface area contributed by atoms with Gasteiger partial charge in [0.25, 0.3) is 0 Å². The predicted molar refractivity (Wildman–Crippen MR) is 89.6 cm³/mol. The summed E-state index contributed by atoms with van der Waals surface area (Å²) in [5, 5.41) is 4.68. The Labute approximate surface area is 131 Å². The second-order valence-corrected chi connectivity index (χ2v) is 7.63. The number of aromatic nitrogens is 1. The van der Waals surface area contributed by atoms with Crippen molar-refractivity contribution in [2.24, 2.45) is 0 Å². The molecule has 2 aromatic rings. The van der Waals surface area contributed by atoms with Gasteiger partial charge in [-0.2, -0.15) is 0 Å². The average Bonchev–Trinajstić information content (AvgIpc) is 2.87. The molecule has 2 heterocycles. The molecule has 1 aromatic heterocycles. The molecule has 0 unspecified atom stereocenters. The minimum atomic E-state index is 0.211. The van der Waals surface area contributed by atoms with Crippen molar-refractivity contribution in [1.82, 2.24) is 15.2 Å². The smallest absolute Gasteiger partial charge is 0.123 e. The molecule has 1 aliphatic rings. The number of hydrogen-bond donors (Lipinski definition) is 1. The Hall–Kier alpha value is -1.23. The van der Waals surface area contributed by atoms with Crippen LogP contribution in [0.5, 0.6) is 0 Å². The molecular formula is C17H23N3S. The van der Waals surface area contributed by atoms with Gasteiger partial charge < -0.3 is 5.32 Å².